The highest BCUT2D eigenvalue weighted by Crippen LogP contribution is 2.18. The summed E-state index contributed by atoms with van der Waals surface area (Å²) in [6.07, 6.45) is 96.9. The van der Waals surface area contributed by atoms with E-state index < -0.39 is 24.3 Å². The van der Waals surface area contributed by atoms with E-state index >= 15 is 0 Å². The molecule has 0 aliphatic rings. The Morgan fingerprint density at radius 2 is 0.626 bits per heavy atom. The fraction of sp³-hybridized carbons (Fsp3) is 0.768. The van der Waals surface area contributed by atoms with Crippen LogP contribution in [0.3, 0.4) is 0 Å². The number of unbranched alkanes of at least 4 members (excludes halogenated alkanes) is 40. The highest BCUT2D eigenvalue weighted by atomic mass is 16.7. The molecule has 0 aliphatic carbocycles. The Hall–Kier alpha value is -3.79. The van der Waals surface area contributed by atoms with Crippen LogP contribution in [0.5, 0.6) is 0 Å². The number of esters is 2. The van der Waals surface area contributed by atoms with Crippen molar-refractivity contribution in [3.63, 3.8) is 0 Å². The third-order valence-corrected chi connectivity index (χ3v) is 16.8. The second-order valence-electron chi connectivity index (χ2n) is 26.9. The van der Waals surface area contributed by atoms with Gasteiger partial charge in [-0.1, -0.05) is 336 Å². The lowest BCUT2D eigenvalue weighted by atomic mass is 10.0. The van der Waals surface area contributed by atoms with Crippen LogP contribution < -0.4 is 0 Å². The van der Waals surface area contributed by atoms with Gasteiger partial charge in [0.2, 0.25) is 0 Å². The van der Waals surface area contributed by atoms with Crippen LogP contribution in [0.15, 0.2) is 97.2 Å². The largest absolute Gasteiger partial charge is 0.477 e. The number of carbonyl (C=O) groups excluding carboxylic acids is 2. The van der Waals surface area contributed by atoms with Crippen LogP contribution in [0.2, 0.25) is 0 Å². The summed E-state index contributed by atoms with van der Waals surface area (Å²) < 4.78 is 23.0. The first kappa shape index (κ1) is 87.2. The number of carboxylic acid groups (broad SMARTS) is 1. The highest BCUT2D eigenvalue weighted by molar-refractivity contribution is 5.71. The Labute approximate surface area is 562 Å². The lowest BCUT2D eigenvalue weighted by Crippen LogP contribution is -2.40. The van der Waals surface area contributed by atoms with Gasteiger partial charge in [-0.3, -0.25) is 9.59 Å². The highest BCUT2D eigenvalue weighted by Gasteiger charge is 2.25. The molecule has 9 heteroatoms. The van der Waals surface area contributed by atoms with E-state index in [0.29, 0.717) is 23.9 Å². The van der Waals surface area contributed by atoms with Crippen LogP contribution in [0.25, 0.3) is 0 Å². The fourth-order valence-corrected chi connectivity index (χ4v) is 11.0. The zero-order valence-electron chi connectivity index (χ0n) is 60.2. The SMILES string of the molecule is CC/C=C\C/C=C\C/C=C\C/C=C\C/C=C\C/C=C\C/C=C\CCCCCCCCCCCC(=O)OC(COC(=O)CCCCCCCCCCCCCCCCCCCCCCCCC/C=C\CCCCCCCCCC)COC(OCC[N+](C)(C)C)C(=O)O. The molecular formula is C82H146NO8+. The number of nitrogens with zero attached hydrogens (tertiary/aromatic N) is 1. The van der Waals surface area contributed by atoms with E-state index in [2.05, 4.69) is 111 Å². The summed E-state index contributed by atoms with van der Waals surface area (Å²) in [7, 11) is 5.98. The number of allylic oxidation sites excluding steroid dienone is 16. The van der Waals surface area contributed by atoms with Gasteiger partial charge in [0.1, 0.15) is 13.2 Å². The van der Waals surface area contributed by atoms with E-state index in [-0.39, 0.29) is 32.2 Å². The van der Waals surface area contributed by atoms with E-state index in [4.69, 9.17) is 18.9 Å². The van der Waals surface area contributed by atoms with Gasteiger partial charge in [0, 0.05) is 12.8 Å². The Morgan fingerprint density at radius 1 is 0.341 bits per heavy atom. The molecule has 0 aromatic rings. The van der Waals surface area contributed by atoms with Crippen molar-refractivity contribution < 1.29 is 42.9 Å². The number of carbonyl (C=O) groups is 3. The fourth-order valence-electron chi connectivity index (χ4n) is 11.0. The first-order valence-corrected chi connectivity index (χ1v) is 38.4. The molecule has 0 spiro atoms. The van der Waals surface area contributed by atoms with Crippen molar-refractivity contribution in [2.24, 2.45) is 0 Å². The molecule has 0 aromatic heterocycles. The third kappa shape index (κ3) is 73.5. The van der Waals surface area contributed by atoms with E-state index in [9.17, 15) is 19.5 Å². The predicted octanol–water partition coefficient (Wildman–Crippen LogP) is 24.4. The Kier molecular flexibility index (Phi) is 69.0. The molecule has 9 nitrogen and oxygen atoms in total. The number of rotatable bonds is 71. The number of aliphatic carboxylic acids is 1. The molecule has 0 amide bonds. The molecule has 0 rings (SSSR count). The molecule has 0 aromatic carbocycles. The van der Waals surface area contributed by atoms with Gasteiger partial charge in [-0.05, 0) is 96.3 Å². The monoisotopic (exact) mass is 1270 g/mol. The van der Waals surface area contributed by atoms with Gasteiger partial charge in [0.05, 0.1) is 34.4 Å². The third-order valence-electron chi connectivity index (χ3n) is 16.8. The average molecular weight is 1270 g/mol. The molecule has 0 saturated heterocycles. The van der Waals surface area contributed by atoms with Crippen LogP contribution in [0.4, 0.5) is 0 Å². The van der Waals surface area contributed by atoms with Crippen molar-refractivity contribution in [2.75, 3.05) is 47.5 Å². The van der Waals surface area contributed by atoms with E-state index in [0.717, 1.165) is 89.9 Å². The quantitative estimate of drug-likeness (QED) is 0.0211. The zero-order chi connectivity index (χ0) is 66.1. The van der Waals surface area contributed by atoms with Crippen molar-refractivity contribution in [3.05, 3.63) is 97.2 Å². The standard InChI is InChI=1S/C82H145NO8/c1-6-8-10-12-14-16-18-20-22-24-26-28-30-32-34-36-38-39-40-41-43-44-46-48-50-52-54-56-58-60-62-64-66-68-70-72-79(84)89-76-78(77-90-82(81(86)87)88-75-74-83(3,4)5)91-80(85)73-71-69-67-65-63-61-59-57-55-53-51-49-47-45-42-37-35-33-31-29-27-25-23-21-19-17-15-13-11-9-7-2/h9,11,15,17,21,23-24,26-27,29,33,35,42,45,49,51,78,82H,6-8,10,12-14,16,18-20,22,25,28,30-32,34,36-41,43-44,46-48,50,52-77H2,1-5H3/p+1/b11-9-,17-15-,23-21-,26-24-,29-27-,35-33-,45-42-,51-49-. The summed E-state index contributed by atoms with van der Waals surface area (Å²) in [5, 5.41) is 9.76. The second-order valence-corrected chi connectivity index (χ2v) is 26.9. The average Bonchev–Trinajstić information content (AvgIpc) is 3.65. The van der Waals surface area contributed by atoms with Crippen LogP contribution in [-0.2, 0) is 33.3 Å². The molecular weight excluding hydrogens is 1130 g/mol. The minimum Gasteiger partial charge on any atom is -0.477 e. The van der Waals surface area contributed by atoms with Gasteiger partial charge in [-0.2, -0.15) is 0 Å². The van der Waals surface area contributed by atoms with Gasteiger partial charge >= 0.3 is 17.9 Å². The van der Waals surface area contributed by atoms with Gasteiger partial charge in [-0.25, -0.2) is 4.79 Å². The summed E-state index contributed by atoms with van der Waals surface area (Å²) in [6, 6.07) is 0. The number of likely N-dealkylation sites (N-methyl/N-ethyl adjacent to an activating group) is 1. The molecule has 0 saturated carbocycles. The Bertz CT molecular complexity index is 1820. The summed E-state index contributed by atoms with van der Waals surface area (Å²) in [5.41, 5.74) is 0. The molecule has 0 aliphatic heterocycles. The Morgan fingerprint density at radius 3 is 0.945 bits per heavy atom. The molecule has 0 bridgehead atoms. The molecule has 2 unspecified atom stereocenters. The minimum absolute atomic E-state index is 0.184. The first-order chi connectivity index (χ1) is 44.6. The summed E-state index contributed by atoms with van der Waals surface area (Å²) in [5.74, 6) is -2.00. The topological polar surface area (TPSA) is 108 Å². The number of quaternary nitrogens is 1. The van der Waals surface area contributed by atoms with Crippen LogP contribution >= 0.6 is 0 Å². The van der Waals surface area contributed by atoms with E-state index in [1.807, 2.05) is 21.1 Å². The molecule has 0 radical (unpaired) electrons. The lowest BCUT2D eigenvalue weighted by Gasteiger charge is -2.25. The van der Waals surface area contributed by atoms with E-state index in [1.165, 1.54) is 225 Å². The van der Waals surface area contributed by atoms with Crippen LogP contribution in [-0.4, -0.2) is 87.4 Å². The van der Waals surface area contributed by atoms with Crippen molar-refractivity contribution in [1.29, 1.82) is 0 Å². The minimum atomic E-state index is -1.52. The Balaban J connectivity index is 4.06. The molecule has 91 heavy (non-hydrogen) atoms. The maximum absolute atomic E-state index is 13.0. The van der Waals surface area contributed by atoms with Gasteiger partial charge < -0.3 is 28.5 Å². The second kappa shape index (κ2) is 72.0. The molecule has 1 N–H and O–H groups in total. The number of hydrogen-bond donors (Lipinski definition) is 1. The summed E-state index contributed by atoms with van der Waals surface area (Å²) in [4.78, 5) is 37.7. The van der Waals surface area contributed by atoms with Crippen LogP contribution in [0, 0.1) is 0 Å². The predicted molar refractivity (Wildman–Crippen MR) is 392 cm³/mol. The molecule has 526 valence electrons. The molecule has 2 atom stereocenters. The number of hydrogen-bond acceptors (Lipinski definition) is 7. The molecule has 0 fully saturated rings. The normalized spacial score (nSPS) is 13.2. The van der Waals surface area contributed by atoms with Gasteiger partial charge in [-0.15, -0.1) is 0 Å². The maximum Gasteiger partial charge on any atom is 0.361 e. The number of ether oxygens (including phenoxy) is 4. The van der Waals surface area contributed by atoms with Crippen molar-refractivity contribution >= 4 is 17.9 Å². The van der Waals surface area contributed by atoms with Gasteiger partial charge in [0.15, 0.2) is 6.10 Å². The zero-order valence-corrected chi connectivity index (χ0v) is 60.2. The van der Waals surface area contributed by atoms with Crippen LogP contribution in [0.1, 0.15) is 348 Å². The lowest BCUT2D eigenvalue weighted by molar-refractivity contribution is -0.870. The summed E-state index contributed by atoms with van der Waals surface area (Å²) >= 11 is 0. The van der Waals surface area contributed by atoms with Crippen molar-refractivity contribution in [2.45, 2.75) is 360 Å². The molecule has 0 heterocycles. The first-order valence-electron chi connectivity index (χ1n) is 38.4. The van der Waals surface area contributed by atoms with Crippen molar-refractivity contribution in [1.82, 2.24) is 0 Å². The number of carboxylic acids is 1. The summed E-state index contributed by atoms with van der Waals surface area (Å²) in [6.45, 7) is 4.79. The van der Waals surface area contributed by atoms with Gasteiger partial charge in [0.25, 0.3) is 6.29 Å². The maximum atomic E-state index is 13.0. The van der Waals surface area contributed by atoms with E-state index in [1.54, 1.807) is 0 Å². The van der Waals surface area contributed by atoms with Crippen molar-refractivity contribution in [3.8, 4) is 0 Å². The smallest absolute Gasteiger partial charge is 0.361 e.